The van der Waals surface area contributed by atoms with Gasteiger partial charge in [-0.1, -0.05) is 23.7 Å². The number of piperidine rings is 1. The van der Waals surface area contributed by atoms with E-state index in [1.807, 2.05) is 36.4 Å². The van der Waals surface area contributed by atoms with Crippen molar-refractivity contribution in [3.8, 4) is 0 Å². The summed E-state index contributed by atoms with van der Waals surface area (Å²) >= 11 is 6.23. The van der Waals surface area contributed by atoms with E-state index in [1.165, 1.54) is 12.8 Å². The molecule has 1 atom stereocenters. The summed E-state index contributed by atoms with van der Waals surface area (Å²) in [7, 11) is 0. The summed E-state index contributed by atoms with van der Waals surface area (Å²) < 4.78 is 0. The molecule has 2 heterocycles. The molecule has 1 amide bonds. The third-order valence-corrected chi connectivity index (χ3v) is 5.95. The van der Waals surface area contributed by atoms with Crippen LogP contribution in [0.15, 0.2) is 48.8 Å². The number of nitrogens with two attached hydrogens (primary N) is 1. The number of carbonyl (C=O) groups is 1. The van der Waals surface area contributed by atoms with Crippen molar-refractivity contribution in [2.45, 2.75) is 37.6 Å². The minimum absolute atomic E-state index is 0.367. The zero-order chi connectivity index (χ0) is 19.8. The van der Waals surface area contributed by atoms with Gasteiger partial charge in [0.25, 0.3) is 0 Å². The van der Waals surface area contributed by atoms with Gasteiger partial charge in [-0.25, -0.2) is 0 Å². The molecule has 1 fully saturated rings. The van der Waals surface area contributed by atoms with Gasteiger partial charge in [-0.2, -0.15) is 0 Å². The largest absolute Gasteiger partial charge is 0.368 e. The van der Waals surface area contributed by atoms with Gasteiger partial charge in [-0.3, -0.25) is 15.1 Å². The number of aromatic nitrogens is 1. The zero-order valence-corrected chi connectivity index (χ0v) is 16.9. The van der Waals surface area contributed by atoms with E-state index in [-0.39, 0.29) is 5.91 Å². The van der Waals surface area contributed by atoms with Crippen molar-refractivity contribution < 1.29 is 4.79 Å². The maximum absolute atomic E-state index is 12.7. The lowest BCUT2D eigenvalue weighted by atomic mass is 9.83. The highest BCUT2D eigenvalue weighted by molar-refractivity contribution is 6.30. The van der Waals surface area contributed by atoms with Crippen LogP contribution in [0.2, 0.25) is 5.02 Å². The molecule has 5 nitrogen and oxygen atoms in total. The van der Waals surface area contributed by atoms with Gasteiger partial charge in [-0.05, 0) is 93.0 Å². The molecule has 0 bridgehead atoms. The van der Waals surface area contributed by atoms with Gasteiger partial charge in [0.05, 0.1) is 0 Å². The standard InChI is InChI=1S/C22H29ClN4O/c23-20-3-1-2-19(16-20)22(21(24)28,10-4-17-5-11-25-12-6-17)27-15-9-18-7-13-26-14-8-18/h1-3,5-6,11-12,16,18,26-27H,4,7-10,13-15H2,(H2,24,28). The monoisotopic (exact) mass is 400 g/mol. The number of pyridine rings is 1. The molecule has 4 N–H and O–H groups in total. The number of benzene rings is 1. The van der Waals surface area contributed by atoms with Crippen molar-refractivity contribution in [3.63, 3.8) is 0 Å². The molecule has 3 rings (SSSR count). The maximum Gasteiger partial charge on any atom is 0.242 e. The highest BCUT2D eigenvalue weighted by atomic mass is 35.5. The molecular formula is C22H29ClN4O. The van der Waals surface area contributed by atoms with Gasteiger partial charge < -0.3 is 11.1 Å². The molecule has 2 aromatic rings. The van der Waals surface area contributed by atoms with Crippen LogP contribution in [0.5, 0.6) is 0 Å². The average Bonchev–Trinajstić information content (AvgIpc) is 2.72. The summed E-state index contributed by atoms with van der Waals surface area (Å²) in [4.78, 5) is 16.8. The molecular weight excluding hydrogens is 372 g/mol. The summed E-state index contributed by atoms with van der Waals surface area (Å²) in [5.74, 6) is 0.313. The highest BCUT2D eigenvalue weighted by Crippen LogP contribution is 2.29. The number of rotatable bonds is 9. The summed E-state index contributed by atoms with van der Waals surface area (Å²) in [6.07, 6.45) is 8.22. The normalized spacial score (nSPS) is 17.2. The van der Waals surface area contributed by atoms with Gasteiger partial charge in [0.2, 0.25) is 5.91 Å². The van der Waals surface area contributed by atoms with Crippen LogP contribution < -0.4 is 16.4 Å². The van der Waals surface area contributed by atoms with Gasteiger partial charge >= 0.3 is 0 Å². The Morgan fingerprint density at radius 1 is 1.25 bits per heavy atom. The first kappa shape index (κ1) is 20.8. The Balaban J connectivity index is 1.78. The minimum Gasteiger partial charge on any atom is -0.368 e. The van der Waals surface area contributed by atoms with Crippen LogP contribution in [-0.4, -0.2) is 30.5 Å². The number of halogens is 1. The fourth-order valence-corrected chi connectivity index (χ4v) is 4.17. The first-order chi connectivity index (χ1) is 13.6. The van der Waals surface area contributed by atoms with Gasteiger partial charge in [0, 0.05) is 17.4 Å². The molecule has 28 heavy (non-hydrogen) atoms. The Hall–Kier alpha value is -1.95. The lowest BCUT2D eigenvalue weighted by Crippen LogP contribution is -2.53. The molecule has 1 aliphatic rings. The van der Waals surface area contributed by atoms with E-state index in [0.717, 1.165) is 43.6 Å². The lowest BCUT2D eigenvalue weighted by Gasteiger charge is -2.34. The van der Waals surface area contributed by atoms with Crippen molar-refractivity contribution >= 4 is 17.5 Å². The molecule has 150 valence electrons. The fraction of sp³-hybridized carbons (Fsp3) is 0.455. The second kappa shape index (κ2) is 10.0. The Kier molecular flexibility index (Phi) is 7.43. The summed E-state index contributed by atoms with van der Waals surface area (Å²) in [5, 5.41) is 7.52. The number of hydrogen-bond acceptors (Lipinski definition) is 4. The number of primary amides is 1. The predicted octanol–water partition coefficient (Wildman–Crippen LogP) is 3.03. The molecule has 0 spiro atoms. The van der Waals surface area contributed by atoms with Crippen LogP contribution >= 0.6 is 11.6 Å². The Labute approximate surface area is 172 Å². The molecule has 0 aliphatic carbocycles. The molecule has 6 heteroatoms. The summed E-state index contributed by atoms with van der Waals surface area (Å²) in [6.45, 7) is 2.89. The Bertz CT molecular complexity index is 764. The number of amides is 1. The third kappa shape index (κ3) is 5.31. The fourth-order valence-electron chi connectivity index (χ4n) is 3.98. The Morgan fingerprint density at radius 2 is 2.00 bits per heavy atom. The number of nitrogens with zero attached hydrogens (tertiary/aromatic N) is 1. The second-order valence-corrected chi connectivity index (χ2v) is 7.98. The van der Waals surface area contributed by atoms with E-state index in [1.54, 1.807) is 12.4 Å². The van der Waals surface area contributed by atoms with Crippen LogP contribution in [0.1, 0.15) is 36.8 Å². The molecule has 1 saturated heterocycles. The summed E-state index contributed by atoms with van der Waals surface area (Å²) in [5.41, 5.74) is 6.98. The number of carbonyl (C=O) groups excluding carboxylic acids is 1. The molecule has 0 radical (unpaired) electrons. The smallest absolute Gasteiger partial charge is 0.242 e. The van der Waals surface area contributed by atoms with Crippen LogP contribution in [0.25, 0.3) is 0 Å². The summed E-state index contributed by atoms with van der Waals surface area (Å²) in [6, 6.07) is 11.4. The zero-order valence-electron chi connectivity index (χ0n) is 16.2. The highest BCUT2D eigenvalue weighted by Gasteiger charge is 2.38. The van der Waals surface area contributed by atoms with Crippen molar-refractivity contribution in [2.75, 3.05) is 19.6 Å². The molecule has 1 aromatic carbocycles. The van der Waals surface area contributed by atoms with Crippen LogP contribution in [0.4, 0.5) is 0 Å². The molecule has 1 unspecified atom stereocenters. The van der Waals surface area contributed by atoms with Gasteiger partial charge in [-0.15, -0.1) is 0 Å². The first-order valence-corrected chi connectivity index (χ1v) is 10.4. The van der Waals surface area contributed by atoms with Crippen LogP contribution in [0.3, 0.4) is 0 Å². The van der Waals surface area contributed by atoms with Crippen LogP contribution in [0, 0.1) is 5.92 Å². The predicted molar refractivity (Wildman–Crippen MR) is 113 cm³/mol. The van der Waals surface area contributed by atoms with E-state index < -0.39 is 5.54 Å². The topological polar surface area (TPSA) is 80.0 Å². The number of hydrogen-bond donors (Lipinski definition) is 3. The van der Waals surface area contributed by atoms with Crippen molar-refractivity contribution in [1.29, 1.82) is 0 Å². The number of aryl methyl sites for hydroxylation is 1. The second-order valence-electron chi connectivity index (χ2n) is 7.54. The van der Waals surface area contributed by atoms with Gasteiger partial charge in [0.1, 0.15) is 5.54 Å². The van der Waals surface area contributed by atoms with Crippen molar-refractivity contribution in [2.24, 2.45) is 11.7 Å². The van der Waals surface area contributed by atoms with E-state index in [4.69, 9.17) is 17.3 Å². The van der Waals surface area contributed by atoms with Gasteiger partial charge in [0.15, 0.2) is 0 Å². The van der Waals surface area contributed by atoms with E-state index in [0.29, 0.717) is 17.4 Å². The molecule has 0 saturated carbocycles. The van der Waals surface area contributed by atoms with Crippen molar-refractivity contribution in [3.05, 3.63) is 64.9 Å². The van der Waals surface area contributed by atoms with Crippen molar-refractivity contribution in [1.82, 2.24) is 15.6 Å². The third-order valence-electron chi connectivity index (χ3n) is 5.71. The lowest BCUT2D eigenvalue weighted by molar-refractivity contribution is -0.125. The molecule has 1 aliphatic heterocycles. The minimum atomic E-state index is -0.943. The van der Waals surface area contributed by atoms with E-state index >= 15 is 0 Å². The van der Waals surface area contributed by atoms with Crippen LogP contribution in [-0.2, 0) is 16.8 Å². The molecule has 1 aromatic heterocycles. The maximum atomic E-state index is 12.7. The average molecular weight is 401 g/mol. The number of nitrogens with one attached hydrogen (secondary N) is 2. The quantitative estimate of drug-likeness (QED) is 0.604. The Morgan fingerprint density at radius 3 is 2.68 bits per heavy atom. The van der Waals surface area contributed by atoms with E-state index in [9.17, 15) is 4.79 Å². The SMILES string of the molecule is NC(=O)C(CCc1ccncc1)(NCCC1CCNCC1)c1cccc(Cl)c1. The first-order valence-electron chi connectivity index (χ1n) is 10.0. The van der Waals surface area contributed by atoms with E-state index in [2.05, 4.69) is 15.6 Å².